The van der Waals surface area contributed by atoms with Gasteiger partial charge in [0.25, 0.3) is 5.91 Å². The number of hydrogen-bond donors (Lipinski definition) is 2. The Hall–Kier alpha value is -3.74. The Morgan fingerprint density at radius 3 is 2.29 bits per heavy atom. The molecule has 0 bridgehead atoms. The van der Waals surface area contributed by atoms with E-state index >= 15 is 0 Å². The molecule has 1 aromatic heterocycles. The van der Waals surface area contributed by atoms with Gasteiger partial charge in [0.2, 0.25) is 0 Å². The van der Waals surface area contributed by atoms with Crippen molar-refractivity contribution in [1.29, 1.82) is 0 Å². The molecular formula is C21H21N3O4. The SMILES string of the molecule is COc1ccc(OC)c(Nc2ccc(C(=O)Nc3ccccc3OC)cn2)c1. The molecule has 0 aliphatic rings. The molecular weight excluding hydrogens is 358 g/mol. The maximum Gasteiger partial charge on any atom is 0.257 e. The smallest absolute Gasteiger partial charge is 0.257 e. The van der Waals surface area contributed by atoms with E-state index in [0.717, 1.165) is 0 Å². The normalized spacial score (nSPS) is 10.1. The second-order valence-electron chi connectivity index (χ2n) is 5.78. The van der Waals surface area contributed by atoms with Crippen molar-refractivity contribution < 1.29 is 19.0 Å². The predicted molar refractivity (Wildman–Crippen MR) is 108 cm³/mol. The standard InChI is InChI=1S/C21H21N3O4/c1-26-15-9-10-19(28-3)17(12-15)23-20-11-8-14(13-22-20)21(25)24-16-6-4-5-7-18(16)27-2/h4-13H,1-3H3,(H,22,23)(H,24,25). The molecule has 0 spiro atoms. The summed E-state index contributed by atoms with van der Waals surface area (Å²) in [6.45, 7) is 0. The average Bonchev–Trinajstić information content (AvgIpc) is 2.74. The summed E-state index contributed by atoms with van der Waals surface area (Å²) in [5, 5.41) is 5.98. The van der Waals surface area contributed by atoms with Crippen LogP contribution in [0.3, 0.4) is 0 Å². The Kier molecular flexibility index (Phi) is 5.96. The number of ether oxygens (including phenoxy) is 3. The van der Waals surface area contributed by atoms with Crippen LogP contribution in [0.15, 0.2) is 60.8 Å². The van der Waals surface area contributed by atoms with Gasteiger partial charge in [-0.1, -0.05) is 12.1 Å². The predicted octanol–water partition coefficient (Wildman–Crippen LogP) is 4.10. The van der Waals surface area contributed by atoms with Crippen molar-refractivity contribution in [2.45, 2.75) is 0 Å². The first-order valence-corrected chi connectivity index (χ1v) is 8.54. The van der Waals surface area contributed by atoms with Gasteiger partial charge in [-0.25, -0.2) is 4.98 Å². The van der Waals surface area contributed by atoms with Crippen molar-refractivity contribution in [3.8, 4) is 17.2 Å². The number of pyridine rings is 1. The second-order valence-corrected chi connectivity index (χ2v) is 5.78. The lowest BCUT2D eigenvalue weighted by atomic mass is 10.2. The van der Waals surface area contributed by atoms with E-state index in [9.17, 15) is 4.79 Å². The molecule has 7 heteroatoms. The van der Waals surface area contributed by atoms with Gasteiger partial charge >= 0.3 is 0 Å². The van der Waals surface area contributed by atoms with E-state index < -0.39 is 0 Å². The first-order chi connectivity index (χ1) is 13.6. The third-order valence-corrected chi connectivity index (χ3v) is 4.05. The molecule has 2 aromatic carbocycles. The fourth-order valence-corrected chi connectivity index (χ4v) is 2.59. The van der Waals surface area contributed by atoms with Crippen LogP contribution in [-0.4, -0.2) is 32.2 Å². The van der Waals surface area contributed by atoms with Gasteiger partial charge < -0.3 is 24.8 Å². The topological polar surface area (TPSA) is 81.7 Å². The number of carbonyl (C=O) groups is 1. The highest BCUT2D eigenvalue weighted by molar-refractivity contribution is 6.04. The maximum atomic E-state index is 12.5. The molecule has 0 fully saturated rings. The van der Waals surface area contributed by atoms with E-state index in [2.05, 4.69) is 15.6 Å². The minimum absolute atomic E-state index is 0.275. The number of nitrogens with one attached hydrogen (secondary N) is 2. The Morgan fingerprint density at radius 1 is 0.857 bits per heavy atom. The van der Waals surface area contributed by atoms with E-state index in [4.69, 9.17) is 14.2 Å². The van der Waals surface area contributed by atoms with Crippen LogP contribution in [0.2, 0.25) is 0 Å². The van der Waals surface area contributed by atoms with E-state index in [1.165, 1.54) is 6.20 Å². The molecule has 3 rings (SSSR count). The lowest BCUT2D eigenvalue weighted by Gasteiger charge is -2.13. The summed E-state index contributed by atoms with van der Waals surface area (Å²) >= 11 is 0. The van der Waals surface area contributed by atoms with Crippen LogP contribution in [0.4, 0.5) is 17.2 Å². The highest BCUT2D eigenvalue weighted by Gasteiger charge is 2.11. The highest BCUT2D eigenvalue weighted by atomic mass is 16.5. The summed E-state index contributed by atoms with van der Waals surface area (Å²) in [6, 6.07) is 16.0. The van der Waals surface area contributed by atoms with Gasteiger partial charge in [0.1, 0.15) is 23.1 Å². The van der Waals surface area contributed by atoms with E-state index in [0.29, 0.717) is 40.0 Å². The van der Waals surface area contributed by atoms with Crippen LogP contribution in [0, 0.1) is 0 Å². The quantitative estimate of drug-likeness (QED) is 0.643. The molecule has 0 saturated carbocycles. The van der Waals surface area contributed by atoms with Crippen LogP contribution >= 0.6 is 0 Å². The summed E-state index contributed by atoms with van der Waals surface area (Å²) in [4.78, 5) is 16.8. The largest absolute Gasteiger partial charge is 0.497 e. The molecule has 7 nitrogen and oxygen atoms in total. The van der Waals surface area contributed by atoms with E-state index in [-0.39, 0.29) is 5.91 Å². The van der Waals surface area contributed by atoms with E-state index in [1.54, 1.807) is 51.7 Å². The van der Waals surface area contributed by atoms with Crippen molar-refractivity contribution in [3.05, 3.63) is 66.4 Å². The molecule has 0 aliphatic carbocycles. The van der Waals surface area contributed by atoms with E-state index in [1.807, 2.05) is 24.3 Å². The zero-order chi connectivity index (χ0) is 19.9. The van der Waals surface area contributed by atoms with Crippen molar-refractivity contribution in [2.75, 3.05) is 32.0 Å². The molecule has 28 heavy (non-hydrogen) atoms. The molecule has 0 unspecified atom stereocenters. The summed E-state index contributed by atoms with van der Waals surface area (Å²) in [6.07, 6.45) is 1.50. The fourth-order valence-electron chi connectivity index (χ4n) is 2.59. The van der Waals surface area contributed by atoms with Crippen LogP contribution in [0.1, 0.15) is 10.4 Å². The van der Waals surface area contributed by atoms with Crippen LogP contribution in [0.25, 0.3) is 0 Å². The van der Waals surface area contributed by atoms with Crippen molar-refractivity contribution in [2.24, 2.45) is 0 Å². The third-order valence-electron chi connectivity index (χ3n) is 4.05. The molecule has 3 aromatic rings. The lowest BCUT2D eigenvalue weighted by molar-refractivity contribution is 0.102. The van der Waals surface area contributed by atoms with Crippen molar-refractivity contribution in [1.82, 2.24) is 4.98 Å². The van der Waals surface area contributed by atoms with Gasteiger partial charge in [-0.15, -0.1) is 0 Å². The van der Waals surface area contributed by atoms with Gasteiger partial charge in [0, 0.05) is 12.3 Å². The summed E-state index contributed by atoms with van der Waals surface area (Å²) < 4.78 is 15.8. The van der Waals surface area contributed by atoms with Gasteiger partial charge in [-0.05, 0) is 36.4 Å². The van der Waals surface area contributed by atoms with Gasteiger partial charge in [0.05, 0.1) is 38.3 Å². The molecule has 2 N–H and O–H groups in total. The van der Waals surface area contributed by atoms with Gasteiger partial charge in [-0.3, -0.25) is 4.79 Å². The molecule has 1 heterocycles. The Bertz CT molecular complexity index is 958. The number of para-hydroxylation sites is 2. The number of nitrogens with zero attached hydrogens (tertiary/aromatic N) is 1. The van der Waals surface area contributed by atoms with Crippen LogP contribution in [0.5, 0.6) is 17.2 Å². The molecule has 1 amide bonds. The van der Waals surface area contributed by atoms with Crippen molar-refractivity contribution in [3.63, 3.8) is 0 Å². The average molecular weight is 379 g/mol. The summed E-state index contributed by atoms with van der Waals surface area (Å²) in [5.74, 6) is 2.23. The number of methoxy groups -OCH3 is 3. The lowest BCUT2D eigenvalue weighted by Crippen LogP contribution is -2.13. The van der Waals surface area contributed by atoms with Gasteiger partial charge in [-0.2, -0.15) is 0 Å². The minimum atomic E-state index is -0.275. The van der Waals surface area contributed by atoms with Gasteiger partial charge in [0.15, 0.2) is 0 Å². The number of amides is 1. The Balaban J connectivity index is 1.74. The second kappa shape index (κ2) is 8.77. The number of rotatable bonds is 7. The monoisotopic (exact) mass is 379 g/mol. The maximum absolute atomic E-state index is 12.5. The van der Waals surface area contributed by atoms with Crippen molar-refractivity contribution >= 4 is 23.1 Å². The van der Waals surface area contributed by atoms with Crippen LogP contribution < -0.4 is 24.8 Å². The third kappa shape index (κ3) is 4.32. The number of hydrogen-bond acceptors (Lipinski definition) is 6. The molecule has 0 atom stereocenters. The molecule has 0 aliphatic heterocycles. The Morgan fingerprint density at radius 2 is 1.61 bits per heavy atom. The molecule has 144 valence electrons. The highest BCUT2D eigenvalue weighted by Crippen LogP contribution is 2.31. The summed E-state index contributed by atoms with van der Waals surface area (Å²) in [7, 11) is 4.74. The fraction of sp³-hybridized carbons (Fsp3) is 0.143. The first kappa shape index (κ1) is 19.0. The zero-order valence-corrected chi connectivity index (χ0v) is 15.9. The number of anilines is 3. The summed E-state index contributed by atoms with van der Waals surface area (Å²) in [5.41, 5.74) is 1.73. The number of carbonyl (C=O) groups excluding carboxylic acids is 1. The molecule has 0 saturated heterocycles. The number of benzene rings is 2. The Labute approximate surface area is 163 Å². The molecule has 0 radical (unpaired) electrons. The van der Waals surface area contributed by atoms with Crippen LogP contribution in [-0.2, 0) is 0 Å². The first-order valence-electron chi connectivity index (χ1n) is 8.54. The minimum Gasteiger partial charge on any atom is -0.497 e. The number of aromatic nitrogens is 1. The zero-order valence-electron chi connectivity index (χ0n) is 15.9.